The molecule has 0 saturated carbocycles. The standard InChI is InChI=1S/C15H16B5ClO/c16-11-10(12(17)14(19)15(20)13(11)18)8-4-9(22)7-3-5(21)1-2-6(7)8/h1-3,8H,4,16-20H2. The Kier molecular flexibility index (Phi) is 3.85. The molecule has 0 aliphatic heterocycles. The Balaban J connectivity index is 2.26. The summed E-state index contributed by atoms with van der Waals surface area (Å²) in [6.07, 6.45) is 0.555. The second-order valence-electron chi connectivity index (χ2n) is 6.45. The minimum absolute atomic E-state index is 0.165. The van der Waals surface area contributed by atoms with Crippen molar-refractivity contribution in [1.82, 2.24) is 0 Å². The lowest BCUT2D eigenvalue weighted by atomic mass is 9.58. The van der Waals surface area contributed by atoms with Gasteiger partial charge in [-0.2, -0.15) is 0 Å². The predicted octanol–water partition coefficient (Wildman–Crippen LogP) is -4.65. The van der Waals surface area contributed by atoms with E-state index < -0.39 is 0 Å². The molecule has 1 aliphatic carbocycles. The first-order valence-electron chi connectivity index (χ1n) is 7.72. The summed E-state index contributed by atoms with van der Waals surface area (Å²) >= 11 is 6.06. The second kappa shape index (κ2) is 5.42. The summed E-state index contributed by atoms with van der Waals surface area (Å²) in [7, 11) is 10.9. The second-order valence-corrected chi connectivity index (χ2v) is 6.89. The van der Waals surface area contributed by atoms with E-state index in [2.05, 4.69) is 39.2 Å². The van der Waals surface area contributed by atoms with Crippen molar-refractivity contribution in [1.29, 1.82) is 0 Å². The largest absolute Gasteiger partial charge is 0.294 e. The van der Waals surface area contributed by atoms with Crippen LogP contribution in [0.3, 0.4) is 0 Å². The van der Waals surface area contributed by atoms with E-state index in [4.69, 9.17) is 11.6 Å². The van der Waals surface area contributed by atoms with Crippen LogP contribution >= 0.6 is 11.6 Å². The fraction of sp³-hybridized carbons (Fsp3) is 0.133. The normalized spacial score (nSPS) is 16.8. The van der Waals surface area contributed by atoms with Crippen LogP contribution in [0.1, 0.15) is 33.8 Å². The van der Waals surface area contributed by atoms with E-state index >= 15 is 0 Å². The van der Waals surface area contributed by atoms with Crippen molar-refractivity contribution in [2.75, 3.05) is 0 Å². The predicted molar refractivity (Wildman–Crippen MR) is 110 cm³/mol. The van der Waals surface area contributed by atoms with E-state index in [1.54, 1.807) is 0 Å². The van der Waals surface area contributed by atoms with Crippen LogP contribution < -0.4 is 27.3 Å². The molecule has 0 spiro atoms. The molecule has 0 aromatic heterocycles. The fourth-order valence-corrected chi connectivity index (χ4v) is 3.96. The quantitative estimate of drug-likeness (QED) is 0.484. The Labute approximate surface area is 141 Å². The molecule has 0 amide bonds. The Hall–Kier alpha value is -1.28. The summed E-state index contributed by atoms with van der Waals surface area (Å²) in [5, 5.41) is 0.637. The zero-order valence-electron chi connectivity index (χ0n) is 13.8. The molecule has 0 bridgehead atoms. The zero-order valence-corrected chi connectivity index (χ0v) is 14.6. The molecule has 104 valence electrons. The molecule has 1 unspecified atom stereocenters. The summed E-state index contributed by atoms with van der Waals surface area (Å²) in [6, 6.07) is 5.74. The number of halogens is 1. The van der Waals surface area contributed by atoms with E-state index in [1.807, 2.05) is 18.2 Å². The molecule has 0 fully saturated rings. The minimum Gasteiger partial charge on any atom is -0.294 e. The van der Waals surface area contributed by atoms with Gasteiger partial charge >= 0.3 is 0 Å². The molecule has 1 nitrogen and oxygen atoms in total. The first-order valence-corrected chi connectivity index (χ1v) is 8.10. The van der Waals surface area contributed by atoms with Gasteiger partial charge < -0.3 is 0 Å². The summed E-state index contributed by atoms with van der Waals surface area (Å²) < 4.78 is 0. The SMILES string of the molecule is Bc1c(B)c(B)c(C2CC(=O)c3cc(Cl)ccc32)c(B)c1B. The molecule has 7 heteroatoms. The van der Waals surface area contributed by atoms with Gasteiger partial charge in [0.15, 0.2) is 5.78 Å². The van der Waals surface area contributed by atoms with Crippen LogP contribution in [0.15, 0.2) is 18.2 Å². The number of carbonyl (C=O) groups is 1. The number of hydrogen-bond donors (Lipinski definition) is 0. The monoisotopic (exact) mass is 302 g/mol. The fourth-order valence-electron chi connectivity index (χ4n) is 3.79. The summed E-state index contributed by atoms with van der Waals surface area (Å²) in [4.78, 5) is 12.4. The van der Waals surface area contributed by atoms with Crippen molar-refractivity contribution in [3.05, 3.63) is 39.9 Å². The summed E-state index contributed by atoms with van der Waals surface area (Å²) in [5.41, 5.74) is 9.94. The third-order valence-electron chi connectivity index (χ3n) is 5.49. The number of fused-ring (bicyclic) bond motifs is 1. The Morgan fingerprint density at radius 3 is 2.05 bits per heavy atom. The molecule has 0 N–H and O–H groups in total. The van der Waals surface area contributed by atoms with Crippen molar-refractivity contribution in [2.45, 2.75) is 12.3 Å². The van der Waals surface area contributed by atoms with E-state index in [9.17, 15) is 4.79 Å². The third kappa shape index (κ3) is 2.20. The van der Waals surface area contributed by atoms with Crippen LogP contribution in [0.5, 0.6) is 0 Å². The molecular formula is C15H16B5ClO. The van der Waals surface area contributed by atoms with Gasteiger partial charge in [-0.25, -0.2) is 0 Å². The highest BCUT2D eigenvalue weighted by Crippen LogP contribution is 2.37. The molecule has 0 heterocycles. The molecule has 1 atom stereocenters. The average Bonchev–Trinajstić information content (AvgIpc) is 2.80. The van der Waals surface area contributed by atoms with E-state index in [0.29, 0.717) is 11.4 Å². The van der Waals surface area contributed by atoms with E-state index in [1.165, 1.54) is 32.9 Å². The van der Waals surface area contributed by atoms with Crippen LogP contribution in [-0.2, 0) is 0 Å². The number of hydrogen-bond acceptors (Lipinski definition) is 1. The molecule has 1 aliphatic rings. The van der Waals surface area contributed by atoms with Crippen LogP contribution in [0.25, 0.3) is 0 Å². The van der Waals surface area contributed by atoms with Gasteiger partial charge in [0, 0.05) is 22.9 Å². The molecule has 0 radical (unpaired) electrons. The lowest BCUT2D eigenvalue weighted by Crippen LogP contribution is -2.56. The van der Waals surface area contributed by atoms with Gasteiger partial charge in [-0.1, -0.05) is 34.2 Å². The van der Waals surface area contributed by atoms with Gasteiger partial charge in [-0.15, -0.1) is 16.4 Å². The van der Waals surface area contributed by atoms with Gasteiger partial charge in [0.05, 0.1) is 0 Å². The number of ketones is 1. The topological polar surface area (TPSA) is 17.1 Å². The first kappa shape index (κ1) is 15.6. The summed E-state index contributed by atoms with van der Waals surface area (Å²) in [6.45, 7) is 0. The third-order valence-corrected chi connectivity index (χ3v) is 5.72. The van der Waals surface area contributed by atoms with Gasteiger partial charge in [0.1, 0.15) is 39.2 Å². The van der Waals surface area contributed by atoms with Gasteiger partial charge in [-0.3, -0.25) is 4.79 Å². The van der Waals surface area contributed by atoms with Crippen molar-refractivity contribution >= 4 is 83.9 Å². The average molecular weight is 302 g/mol. The Bertz CT molecular complexity index is 789. The van der Waals surface area contributed by atoms with Crippen LogP contribution in [0.2, 0.25) is 5.02 Å². The highest BCUT2D eigenvalue weighted by molar-refractivity contribution is 6.67. The van der Waals surface area contributed by atoms with E-state index in [0.717, 1.165) is 11.1 Å². The van der Waals surface area contributed by atoms with E-state index in [-0.39, 0.29) is 11.7 Å². The lowest BCUT2D eigenvalue weighted by Gasteiger charge is -2.24. The maximum atomic E-state index is 12.4. The van der Waals surface area contributed by atoms with Crippen LogP contribution in [0, 0.1) is 0 Å². The van der Waals surface area contributed by atoms with Crippen molar-refractivity contribution < 1.29 is 4.79 Å². The number of Topliss-reactive ketones (excluding diaryl/α,β-unsaturated/α-hetero) is 1. The number of rotatable bonds is 1. The van der Waals surface area contributed by atoms with Crippen LogP contribution in [0.4, 0.5) is 0 Å². The highest BCUT2D eigenvalue weighted by atomic mass is 35.5. The smallest absolute Gasteiger partial charge is 0.164 e. The van der Waals surface area contributed by atoms with Gasteiger partial charge in [0.2, 0.25) is 0 Å². The number of benzene rings is 2. The molecule has 2 aromatic rings. The van der Waals surface area contributed by atoms with Gasteiger partial charge in [0.25, 0.3) is 0 Å². The van der Waals surface area contributed by atoms with Crippen molar-refractivity contribution in [3.8, 4) is 0 Å². The molecule has 22 heavy (non-hydrogen) atoms. The molecule has 2 aromatic carbocycles. The maximum absolute atomic E-state index is 12.4. The molecular weight excluding hydrogens is 286 g/mol. The van der Waals surface area contributed by atoms with Crippen molar-refractivity contribution in [2.24, 2.45) is 0 Å². The zero-order chi connectivity index (χ0) is 16.2. The lowest BCUT2D eigenvalue weighted by molar-refractivity contribution is 0.0991. The maximum Gasteiger partial charge on any atom is 0.164 e. The Morgan fingerprint density at radius 2 is 1.45 bits per heavy atom. The molecule has 3 rings (SSSR count). The first-order chi connectivity index (χ1) is 10.3. The summed E-state index contributed by atoms with van der Waals surface area (Å²) in [5.74, 6) is 0.370. The minimum atomic E-state index is 0.165. The van der Waals surface area contributed by atoms with Crippen molar-refractivity contribution in [3.63, 3.8) is 0 Å². The highest BCUT2D eigenvalue weighted by Gasteiger charge is 2.32. The molecule has 0 saturated heterocycles. The number of carbonyl (C=O) groups excluding carboxylic acids is 1. The van der Waals surface area contributed by atoms with Crippen LogP contribution in [-0.4, -0.2) is 45.0 Å². The Morgan fingerprint density at radius 1 is 0.909 bits per heavy atom. The van der Waals surface area contributed by atoms with Gasteiger partial charge in [-0.05, 0) is 17.7 Å².